The number of aliphatic hydroxyl groups is 1. The Morgan fingerprint density at radius 3 is 2.33 bits per heavy atom. The molecule has 4 atom stereocenters. The number of anilines is 2. The summed E-state index contributed by atoms with van der Waals surface area (Å²) in [7, 11) is -1.59. The highest BCUT2D eigenvalue weighted by molar-refractivity contribution is 7.25. The van der Waals surface area contributed by atoms with E-state index in [1.165, 1.54) is 30.5 Å². The van der Waals surface area contributed by atoms with Gasteiger partial charge < -0.3 is 36.8 Å². The molecule has 222 valence electrons. The van der Waals surface area contributed by atoms with Gasteiger partial charge in [0.1, 0.15) is 12.0 Å². The van der Waals surface area contributed by atoms with Gasteiger partial charge in [-0.05, 0) is 37.1 Å². The molecule has 2 aromatic heterocycles. The number of rotatable bonds is 15. The van der Waals surface area contributed by atoms with Gasteiger partial charge in [0, 0.05) is 24.1 Å². The molecule has 42 heavy (non-hydrogen) atoms. The van der Waals surface area contributed by atoms with Crippen molar-refractivity contribution in [3.63, 3.8) is 0 Å². The second-order valence-corrected chi connectivity index (χ2v) is 10.2. The van der Waals surface area contributed by atoms with E-state index in [-0.39, 0.29) is 29.2 Å². The topological polar surface area (TPSA) is 288 Å². The number of amides is 1. The Morgan fingerprint density at radius 1 is 1.05 bits per heavy atom. The van der Waals surface area contributed by atoms with Crippen molar-refractivity contribution in [1.29, 1.82) is 0 Å². The van der Waals surface area contributed by atoms with E-state index in [1.54, 1.807) is 0 Å². The predicted octanol–water partition coefficient (Wildman–Crippen LogP) is 0.149. The van der Waals surface area contributed by atoms with E-state index >= 15 is 0 Å². The maximum Gasteiger partial charge on any atom is 0.360 e. The van der Waals surface area contributed by atoms with Gasteiger partial charge in [-0.25, -0.2) is 14.8 Å². The molecular formula is C24H27N7O10P+. The summed E-state index contributed by atoms with van der Waals surface area (Å²) in [6.07, 6.45) is -0.816. The summed E-state index contributed by atoms with van der Waals surface area (Å²) in [6, 6.07) is 4.30. The molecule has 0 aliphatic heterocycles. The van der Waals surface area contributed by atoms with E-state index in [4.69, 9.17) is 10.8 Å². The lowest BCUT2D eigenvalue weighted by atomic mass is 9.91. The molecule has 0 aliphatic rings. The van der Waals surface area contributed by atoms with E-state index in [9.17, 15) is 43.9 Å². The molecule has 0 saturated heterocycles. The number of hydrogen-bond donors (Lipinski definition) is 8. The molecule has 17 nitrogen and oxygen atoms in total. The third-order valence-corrected chi connectivity index (χ3v) is 7.17. The van der Waals surface area contributed by atoms with Gasteiger partial charge in [-0.15, -0.1) is 0 Å². The van der Waals surface area contributed by atoms with E-state index in [0.29, 0.717) is 11.4 Å². The summed E-state index contributed by atoms with van der Waals surface area (Å²) in [6.45, 7) is 0.159. The van der Waals surface area contributed by atoms with Crippen LogP contribution in [0.1, 0.15) is 41.7 Å². The third-order valence-electron chi connectivity index (χ3n) is 6.22. The van der Waals surface area contributed by atoms with Crippen LogP contribution in [0.25, 0.3) is 11.2 Å². The summed E-state index contributed by atoms with van der Waals surface area (Å²) in [4.78, 5) is 73.4. The Bertz CT molecular complexity index is 1570. The Balaban J connectivity index is 1.62. The maximum absolute atomic E-state index is 12.7. The number of nitrogen functional groups attached to an aromatic ring is 1. The van der Waals surface area contributed by atoms with Crippen molar-refractivity contribution in [2.45, 2.75) is 43.6 Å². The molecule has 0 spiro atoms. The van der Waals surface area contributed by atoms with Crippen LogP contribution in [0.15, 0.2) is 35.3 Å². The Morgan fingerprint density at radius 2 is 1.74 bits per heavy atom. The molecule has 9 N–H and O–H groups in total. The number of carbonyl (C=O) groups is 4. The first-order valence-corrected chi connectivity index (χ1v) is 13.2. The number of aliphatic carboxylic acids is 3. The van der Waals surface area contributed by atoms with Gasteiger partial charge in [0.05, 0.1) is 18.4 Å². The number of nitrogens with two attached hydrogens (primary N) is 1. The quantitative estimate of drug-likeness (QED) is 0.107. The van der Waals surface area contributed by atoms with Crippen molar-refractivity contribution in [1.82, 2.24) is 25.3 Å². The standard InChI is InChI=1S/C24H26N7O10P/c25-23-30-18-17(20(35)31-23)28-13(10-27-18)9-26-12-3-1-11(2-4-12)19(34)29-15(22(38)39)7-8-24(40,42-41)14(21(36)37)5-6-16(32)33/h1-4,10,14-15,26,40H,5-9H2,(H,29,34)(H,32,33)(H,36,37)(H,38,39)(H3,25,27,30,31,35)/p+1. The van der Waals surface area contributed by atoms with Gasteiger partial charge in [0.25, 0.3) is 16.8 Å². The fraction of sp³-hybridized carbons (Fsp3) is 0.333. The Labute approximate surface area is 237 Å². The number of fused-ring (bicyclic) bond motifs is 1. The summed E-state index contributed by atoms with van der Waals surface area (Å²) >= 11 is 0. The zero-order valence-corrected chi connectivity index (χ0v) is 22.7. The molecule has 3 aromatic rings. The number of aromatic amines is 1. The summed E-state index contributed by atoms with van der Waals surface area (Å²) < 4.78 is 11.7. The van der Waals surface area contributed by atoms with Crippen LogP contribution >= 0.6 is 8.46 Å². The lowest BCUT2D eigenvalue weighted by molar-refractivity contribution is -0.148. The average molecular weight is 604 g/mol. The first-order chi connectivity index (χ1) is 19.8. The van der Waals surface area contributed by atoms with Crippen molar-refractivity contribution >= 4 is 55.1 Å². The first kappa shape index (κ1) is 31.5. The number of nitrogens with one attached hydrogen (secondary N) is 3. The molecule has 0 saturated carbocycles. The molecule has 4 unspecified atom stereocenters. The maximum atomic E-state index is 12.7. The molecule has 0 bridgehead atoms. The third kappa shape index (κ3) is 8.02. The van der Waals surface area contributed by atoms with Gasteiger partial charge in [-0.2, -0.15) is 4.98 Å². The zero-order valence-electron chi connectivity index (χ0n) is 21.7. The highest BCUT2D eigenvalue weighted by atomic mass is 31.1. The SMILES string of the molecule is Nc1nc2ncc(CNc3ccc(C(=O)NC(CCC(O)([PH+]=O)C(CCC(=O)O)C(=O)O)C(=O)O)cc3)nc2c(=O)[nH]1. The normalized spacial score (nSPS) is 14.0. The van der Waals surface area contributed by atoms with Crippen LogP contribution in [0.2, 0.25) is 0 Å². The second kappa shape index (κ2) is 13.6. The molecule has 0 aliphatic carbocycles. The molecule has 1 aromatic carbocycles. The predicted molar refractivity (Wildman–Crippen MR) is 146 cm³/mol. The average Bonchev–Trinajstić information content (AvgIpc) is 2.93. The van der Waals surface area contributed by atoms with Crippen molar-refractivity contribution in [2.24, 2.45) is 5.92 Å². The minimum Gasteiger partial charge on any atom is -0.481 e. The molecule has 2 heterocycles. The highest BCUT2D eigenvalue weighted by Crippen LogP contribution is 2.37. The number of hydrogen-bond acceptors (Lipinski definition) is 12. The van der Waals surface area contributed by atoms with E-state index < -0.39 is 80.8 Å². The van der Waals surface area contributed by atoms with Crippen LogP contribution in [-0.2, 0) is 25.5 Å². The highest BCUT2D eigenvalue weighted by Gasteiger charge is 2.49. The number of carboxylic acid groups (broad SMARTS) is 3. The van der Waals surface area contributed by atoms with Crippen molar-refractivity contribution in [3.05, 3.63) is 52.1 Å². The molecule has 1 amide bonds. The number of H-pyrrole nitrogens is 1. The minimum absolute atomic E-state index is 0.0106. The van der Waals surface area contributed by atoms with Gasteiger partial charge in [0.15, 0.2) is 11.2 Å². The fourth-order valence-corrected chi connectivity index (χ4v) is 4.64. The van der Waals surface area contributed by atoms with Gasteiger partial charge in [0.2, 0.25) is 5.95 Å². The van der Waals surface area contributed by atoms with Crippen LogP contribution in [0.4, 0.5) is 11.6 Å². The first-order valence-electron chi connectivity index (χ1n) is 12.3. The second-order valence-electron chi connectivity index (χ2n) is 9.17. The number of carboxylic acids is 3. The number of carbonyl (C=O) groups excluding carboxylic acids is 1. The van der Waals surface area contributed by atoms with Crippen LogP contribution in [0, 0.1) is 5.92 Å². The molecule has 0 fully saturated rings. The van der Waals surface area contributed by atoms with Crippen LogP contribution in [0.3, 0.4) is 0 Å². The molecular weight excluding hydrogens is 577 g/mol. The minimum atomic E-state index is -2.40. The monoisotopic (exact) mass is 604 g/mol. The Hall–Kier alpha value is -5.02. The van der Waals surface area contributed by atoms with Gasteiger partial charge in [-0.1, -0.05) is 4.57 Å². The number of aromatic nitrogens is 4. The lowest BCUT2D eigenvalue weighted by Gasteiger charge is -2.23. The van der Waals surface area contributed by atoms with Gasteiger partial charge >= 0.3 is 26.4 Å². The summed E-state index contributed by atoms with van der Waals surface area (Å²) in [5, 5.41) is 41.4. The largest absolute Gasteiger partial charge is 0.481 e. The Kier molecular flexibility index (Phi) is 10.2. The van der Waals surface area contributed by atoms with Crippen molar-refractivity contribution in [3.8, 4) is 0 Å². The molecule has 0 radical (unpaired) electrons. The van der Waals surface area contributed by atoms with Crippen LogP contribution in [-0.4, -0.2) is 75.6 Å². The number of benzene rings is 1. The van der Waals surface area contributed by atoms with E-state index in [1.807, 2.05) is 0 Å². The van der Waals surface area contributed by atoms with E-state index in [0.717, 1.165) is 0 Å². The van der Waals surface area contributed by atoms with Crippen LogP contribution < -0.4 is 21.9 Å². The summed E-state index contributed by atoms with van der Waals surface area (Å²) in [5.74, 6) is -6.99. The zero-order chi connectivity index (χ0) is 31.0. The lowest BCUT2D eigenvalue weighted by Crippen LogP contribution is -2.44. The van der Waals surface area contributed by atoms with E-state index in [2.05, 4.69) is 30.6 Å². The molecule has 3 rings (SSSR count). The van der Waals surface area contributed by atoms with Crippen LogP contribution in [0.5, 0.6) is 0 Å². The van der Waals surface area contributed by atoms with Gasteiger partial charge in [-0.3, -0.25) is 24.2 Å². The molecule has 18 heteroatoms. The number of nitrogens with zero attached hydrogens (tertiary/aromatic N) is 3. The smallest absolute Gasteiger partial charge is 0.360 e. The van der Waals surface area contributed by atoms with Crippen molar-refractivity contribution in [2.75, 3.05) is 11.1 Å². The summed E-state index contributed by atoms with van der Waals surface area (Å²) in [5.41, 5.74) is 6.09. The van der Waals surface area contributed by atoms with Crippen molar-refractivity contribution < 1.29 is 44.2 Å². The fourth-order valence-electron chi connectivity index (χ4n) is 3.98.